The number of aryl methyl sites for hydroxylation is 1. The third-order valence-corrected chi connectivity index (χ3v) is 4.65. The lowest BCUT2D eigenvalue weighted by Gasteiger charge is -2.10. The number of H-pyrrole nitrogens is 1. The molecule has 0 bridgehead atoms. The summed E-state index contributed by atoms with van der Waals surface area (Å²) in [6.07, 6.45) is 1.32. The molecule has 0 aliphatic heterocycles. The molecule has 130 valence electrons. The number of amides is 1. The van der Waals surface area contributed by atoms with E-state index in [0.717, 1.165) is 0 Å². The van der Waals surface area contributed by atoms with Gasteiger partial charge in [0.1, 0.15) is 5.75 Å². The third-order valence-electron chi connectivity index (χ3n) is 3.39. The maximum absolute atomic E-state index is 12.2. The minimum Gasteiger partial charge on any atom is -0.495 e. The van der Waals surface area contributed by atoms with Gasteiger partial charge in [0.25, 0.3) is 5.56 Å². The van der Waals surface area contributed by atoms with Gasteiger partial charge >= 0.3 is 0 Å². The number of nitrogens with one attached hydrogen (secondary N) is 2. The fourth-order valence-electron chi connectivity index (χ4n) is 2.21. The fraction of sp³-hybridized carbons (Fsp3) is 0.200. The summed E-state index contributed by atoms with van der Waals surface area (Å²) in [4.78, 5) is 34.7. The van der Waals surface area contributed by atoms with Gasteiger partial charge in [-0.2, -0.15) is 0 Å². The summed E-state index contributed by atoms with van der Waals surface area (Å²) in [6.45, 7) is 0. The molecule has 0 spiro atoms. The minimum absolute atomic E-state index is 0.102. The van der Waals surface area contributed by atoms with Crippen LogP contribution in [0, 0.1) is 0 Å². The lowest BCUT2D eigenvalue weighted by molar-refractivity contribution is -0.113. The van der Waals surface area contributed by atoms with E-state index in [-0.39, 0.29) is 22.7 Å². The number of anilines is 1. The maximum Gasteiger partial charge on any atom is 0.278 e. The van der Waals surface area contributed by atoms with Crippen LogP contribution >= 0.6 is 23.4 Å². The number of hydrogen-bond acceptors (Lipinski definition) is 6. The second-order valence-electron chi connectivity index (χ2n) is 5.04. The van der Waals surface area contributed by atoms with Crippen molar-refractivity contribution in [3.8, 4) is 5.75 Å². The fourth-order valence-corrected chi connectivity index (χ4v) is 3.15. The van der Waals surface area contributed by atoms with Gasteiger partial charge in [-0.3, -0.25) is 9.59 Å². The Bertz CT molecular complexity index is 1000. The first-order chi connectivity index (χ1) is 12.0. The van der Waals surface area contributed by atoms with E-state index in [1.807, 2.05) is 0 Å². The van der Waals surface area contributed by atoms with Gasteiger partial charge < -0.3 is 19.6 Å². The van der Waals surface area contributed by atoms with Crippen molar-refractivity contribution in [2.75, 3.05) is 18.2 Å². The summed E-state index contributed by atoms with van der Waals surface area (Å²) in [5.74, 6) is 0.366. The number of carbonyl (C=O) groups is 1. The Morgan fingerprint density at radius 2 is 2.28 bits per heavy atom. The highest BCUT2D eigenvalue weighted by Gasteiger charge is 2.14. The zero-order chi connectivity index (χ0) is 18.0. The summed E-state index contributed by atoms with van der Waals surface area (Å²) >= 11 is 7.15. The van der Waals surface area contributed by atoms with Crippen molar-refractivity contribution in [2.24, 2.45) is 7.05 Å². The average molecular weight is 380 g/mol. The number of carbonyl (C=O) groups excluding carboxylic acids is 1. The van der Waals surface area contributed by atoms with Gasteiger partial charge in [0, 0.05) is 12.1 Å². The number of halogens is 1. The van der Waals surface area contributed by atoms with Crippen molar-refractivity contribution >= 4 is 46.1 Å². The molecule has 1 amide bonds. The van der Waals surface area contributed by atoms with Crippen molar-refractivity contribution < 1.29 is 9.53 Å². The molecule has 0 aliphatic rings. The van der Waals surface area contributed by atoms with Gasteiger partial charge in [0.15, 0.2) is 16.3 Å². The van der Waals surface area contributed by atoms with Crippen LogP contribution in [-0.4, -0.2) is 38.3 Å². The number of aromatic nitrogens is 4. The van der Waals surface area contributed by atoms with Crippen LogP contribution in [0.1, 0.15) is 0 Å². The zero-order valence-electron chi connectivity index (χ0n) is 13.4. The van der Waals surface area contributed by atoms with E-state index in [4.69, 9.17) is 16.3 Å². The number of nitrogens with zero attached hydrogens (tertiary/aromatic N) is 3. The molecule has 0 aliphatic carbocycles. The highest BCUT2D eigenvalue weighted by molar-refractivity contribution is 7.99. The van der Waals surface area contributed by atoms with Gasteiger partial charge in [-0.15, -0.1) is 0 Å². The van der Waals surface area contributed by atoms with Crippen LogP contribution in [0.3, 0.4) is 0 Å². The molecule has 1 aromatic carbocycles. The van der Waals surface area contributed by atoms with Crippen LogP contribution in [0.2, 0.25) is 5.02 Å². The van der Waals surface area contributed by atoms with Crippen LogP contribution in [-0.2, 0) is 11.8 Å². The van der Waals surface area contributed by atoms with Gasteiger partial charge in [0.2, 0.25) is 5.91 Å². The van der Waals surface area contributed by atoms with Crippen LogP contribution in [0.4, 0.5) is 5.69 Å². The molecule has 8 nitrogen and oxygen atoms in total. The predicted octanol–water partition coefficient (Wildman–Crippen LogP) is 2.05. The number of hydrogen-bond donors (Lipinski definition) is 2. The second-order valence-corrected chi connectivity index (χ2v) is 6.42. The molecular weight excluding hydrogens is 366 g/mol. The summed E-state index contributed by atoms with van der Waals surface area (Å²) in [7, 11) is 3.25. The number of rotatable bonds is 5. The molecule has 0 atom stereocenters. The topological polar surface area (TPSA) is 102 Å². The molecule has 25 heavy (non-hydrogen) atoms. The Hall–Kier alpha value is -2.52. The SMILES string of the molecule is COc1ccc(Cl)cc1NC(=O)CSc1nc2c(=O)[nH]cnc2n1C. The molecule has 2 N–H and O–H groups in total. The number of fused-ring (bicyclic) bond motifs is 1. The molecule has 0 radical (unpaired) electrons. The smallest absolute Gasteiger partial charge is 0.278 e. The maximum atomic E-state index is 12.2. The number of benzene rings is 1. The van der Waals surface area contributed by atoms with Gasteiger partial charge in [-0.1, -0.05) is 23.4 Å². The lowest BCUT2D eigenvalue weighted by Crippen LogP contribution is -2.15. The molecule has 10 heteroatoms. The van der Waals surface area contributed by atoms with Crippen molar-refractivity contribution in [1.82, 2.24) is 19.5 Å². The van der Waals surface area contributed by atoms with Crippen LogP contribution in [0.5, 0.6) is 5.75 Å². The molecular formula is C15H14ClN5O3S. The summed E-state index contributed by atoms with van der Waals surface area (Å²) in [6, 6.07) is 4.96. The first-order valence-electron chi connectivity index (χ1n) is 7.16. The first-order valence-corrected chi connectivity index (χ1v) is 8.52. The molecule has 2 aromatic heterocycles. The minimum atomic E-state index is -0.319. The second kappa shape index (κ2) is 7.16. The normalized spacial score (nSPS) is 10.8. The number of aromatic amines is 1. The molecule has 0 saturated carbocycles. The Morgan fingerprint density at radius 1 is 1.48 bits per heavy atom. The first kappa shape index (κ1) is 17.3. The molecule has 0 saturated heterocycles. The van der Waals surface area contributed by atoms with E-state index in [0.29, 0.717) is 27.3 Å². The molecule has 2 heterocycles. The summed E-state index contributed by atoms with van der Waals surface area (Å²) < 4.78 is 6.86. The Balaban J connectivity index is 1.73. The molecule has 3 aromatic rings. The van der Waals surface area contributed by atoms with Gasteiger partial charge in [-0.25, -0.2) is 9.97 Å². The highest BCUT2D eigenvalue weighted by atomic mass is 35.5. The van der Waals surface area contributed by atoms with Crippen molar-refractivity contribution in [3.05, 3.63) is 39.9 Å². The summed E-state index contributed by atoms with van der Waals surface area (Å²) in [5, 5.41) is 3.76. The number of methoxy groups -OCH3 is 1. The monoisotopic (exact) mass is 379 g/mol. The van der Waals surface area contributed by atoms with E-state index in [1.54, 1.807) is 29.8 Å². The van der Waals surface area contributed by atoms with E-state index >= 15 is 0 Å². The van der Waals surface area contributed by atoms with Crippen LogP contribution in [0.25, 0.3) is 11.2 Å². The van der Waals surface area contributed by atoms with Crippen molar-refractivity contribution in [2.45, 2.75) is 5.16 Å². The van der Waals surface area contributed by atoms with Gasteiger partial charge in [-0.05, 0) is 18.2 Å². The number of ether oxygens (including phenoxy) is 1. The number of imidazole rings is 1. The molecule has 0 unspecified atom stereocenters. The predicted molar refractivity (Wildman–Crippen MR) is 96.5 cm³/mol. The standard InChI is InChI=1S/C15H14ClN5O3S/c1-21-13-12(14(23)18-7-17-13)20-15(21)25-6-11(22)19-9-5-8(16)3-4-10(9)24-2/h3-5,7H,6H2,1-2H3,(H,19,22)(H,17,18,23). The Morgan fingerprint density at radius 3 is 3.00 bits per heavy atom. The Labute approximate surface area is 151 Å². The van der Waals surface area contributed by atoms with Gasteiger partial charge in [0.05, 0.1) is 24.9 Å². The Kier molecular flexibility index (Phi) is 4.95. The summed E-state index contributed by atoms with van der Waals surface area (Å²) in [5.41, 5.74) is 0.872. The lowest BCUT2D eigenvalue weighted by atomic mass is 10.3. The average Bonchev–Trinajstić information content (AvgIpc) is 2.91. The molecule has 3 rings (SSSR count). The van der Waals surface area contributed by atoms with E-state index < -0.39 is 0 Å². The van der Waals surface area contributed by atoms with E-state index in [9.17, 15) is 9.59 Å². The third kappa shape index (κ3) is 3.62. The molecule has 0 fully saturated rings. The zero-order valence-corrected chi connectivity index (χ0v) is 14.9. The van der Waals surface area contributed by atoms with Crippen molar-refractivity contribution in [3.63, 3.8) is 0 Å². The number of thioether (sulfide) groups is 1. The van der Waals surface area contributed by atoms with E-state index in [1.165, 1.54) is 25.2 Å². The largest absolute Gasteiger partial charge is 0.495 e. The quantitative estimate of drug-likeness (QED) is 0.658. The van der Waals surface area contributed by atoms with Crippen LogP contribution < -0.4 is 15.6 Å². The highest BCUT2D eigenvalue weighted by Crippen LogP contribution is 2.28. The van der Waals surface area contributed by atoms with Crippen LogP contribution in [0.15, 0.2) is 34.5 Å². The van der Waals surface area contributed by atoms with Crippen molar-refractivity contribution in [1.29, 1.82) is 0 Å². The van der Waals surface area contributed by atoms with E-state index in [2.05, 4.69) is 20.3 Å².